The van der Waals surface area contributed by atoms with Crippen LogP contribution >= 0.6 is 0 Å². The maximum atomic E-state index is 12.7. The number of hydrogen-bond donors (Lipinski definition) is 3. The van der Waals surface area contributed by atoms with Gasteiger partial charge in [-0.05, 0) is 24.3 Å². The molecule has 0 saturated heterocycles. The van der Waals surface area contributed by atoms with Crippen molar-refractivity contribution in [3.05, 3.63) is 29.8 Å². The van der Waals surface area contributed by atoms with Crippen molar-refractivity contribution in [2.75, 3.05) is 18.5 Å². The maximum Gasteiger partial charge on any atom is 0.287 e. The molecule has 3 N–H and O–H groups in total. The van der Waals surface area contributed by atoms with Crippen molar-refractivity contribution in [2.45, 2.75) is 12.8 Å². The minimum absolute atomic E-state index is 0.183. The van der Waals surface area contributed by atoms with Gasteiger partial charge >= 0.3 is 0 Å². The van der Waals surface area contributed by atoms with Crippen LogP contribution in [0.3, 0.4) is 0 Å². The molecule has 19 heavy (non-hydrogen) atoms. The van der Waals surface area contributed by atoms with Crippen molar-refractivity contribution < 1.29 is 23.5 Å². The molecule has 7 heteroatoms. The van der Waals surface area contributed by atoms with Gasteiger partial charge in [-0.1, -0.05) is 0 Å². The zero-order valence-corrected chi connectivity index (χ0v) is 10.2. The standard InChI is InChI=1S/C12H14F2N2O3/c1-8(18)16-10-4-2-9(3-5-10)11(19)15-6-12(13,14)7-17/h2-5,17H,6-7H2,1H3,(H,15,19)(H,16,18). The van der Waals surface area contributed by atoms with Gasteiger partial charge in [0.1, 0.15) is 6.61 Å². The predicted molar refractivity (Wildman–Crippen MR) is 65.1 cm³/mol. The summed E-state index contributed by atoms with van der Waals surface area (Å²) in [5.41, 5.74) is 0.688. The Morgan fingerprint density at radius 3 is 2.32 bits per heavy atom. The lowest BCUT2D eigenvalue weighted by atomic mass is 10.2. The van der Waals surface area contributed by atoms with E-state index in [4.69, 9.17) is 5.11 Å². The van der Waals surface area contributed by atoms with Gasteiger partial charge in [0.15, 0.2) is 0 Å². The van der Waals surface area contributed by atoms with Crippen molar-refractivity contribution >= 4 is 17.5 Å². The molecule has 1 aromatic carbocycles. The fraction of sp³-hybridized carbons (Fsp3) is 0.333. The number of alkyl halides is 2. The van der Waals surface area contributed by atoms with Gasteiger partial charge in [0.25, 0.3) is 11.8 Å². The summed E-state index contributed by atoms with van der Waals surface area (Å²) in [7, 11) is 0. The van der Waals surface area contributed by atoms with E-state index in [9.17, 15) is 18.4 Å². The summed E-state index contributed by atoms with van der Waals surface area (Å²) in [6.07, 6.45) is 0. The molecular formula is C12H14F2N2O3. The summed E-state index contributed by atoms with van der Waals surface area (Å²) in [6, 6.07) is 5.77. The second-order valence-electron chi connectivity index (χ2n) is 3.96. The van der Waals surface area contributed by atoms with Gasteiger partial charge in [-0.3, -0.25) is 9.59 Å². The lowest BCUT2D eigenvalue weighted by Gasteiger charge is -2.14. The van der Waals surface area contributed by atoms with Crippen LogP contribution in [0, 0.1) is 0 Å². The van der Waals surface area contributed by atoms with Crippen molar-refractivity contribution in [1.29, 1.82) is 0 Å². The van der Waals surface area contributed by atoms with E-state index in [2.05, 4.69) is 5.32 Å². The first-order chi connectivity index (χ1) is 8.84. The molecule has 0 aliphatic heterocycles. The van der Waals surface area contributed by atoms with Crippen LogP contribution in [0.2, 0.25) is 0 Å². The monoisotopic (exact) mass is 272 g/mol. The molecule has 0 heterocycles. The first kappa shape index (κ1) is 15.0. The Kier molecular flexibility index (Phi) is 4.94. The molecule has 0 spiro atoms. The predicted octanol–water partition coefficient (Wildman–Crippen LogP) is 1.00. The summed E-state index contributed by atoms with van der Waals surface area (Å²) in [6.45, 7) is -0.915. The van der Waals surface area contributed by atoms with Gasteiger partial charge in [-0.2, -0.15) is 0 Å². The highest BCUT2D eigenvalue weighted by Gasteiger charge is 2.28. The number of aliphatic hydroxyl groups excluding tert-OH is 1. The highest BCUT2D eigenvalue weighted by Crippen LogP contribution is 2.12. The van der Waals surface area contributed by atoms with E-state index in [0.717, 1.165) is 0 Å². The van der Waals surface area contributed by atoms with Gasteiger partial charge in [0.2, 0.25) is 5.91 Å². The number of amides is 2. The van der Waals surface area contributed by atoms with Crippen LogP contribution in [0.5, 0.6) is 0 Å². The summed E-state index contributed by atoms with van der Waals surface area (Å²) in [5.74, 6) is -4.27. The highest BCUT2D eigenvalue weighted by atomic mass is 19.3. The Morgan fingerprint density at radius 1 is 1.26 bits per heavy atom. The molecule has 2 amide bonds. The molecule has 1 rings (SSSR count). The number of carbonyl (C=O) groups is 2. The van der Waals surface area contributed by atoms with E-state index in [1.54, 1.807) is 0 Å². The lowest BCUT2D eigenvalue weighted by Crippen LogP contribution is -2.38. The van der Waals surface area contributed by atoms with Crippen LogP contribution in [-0.2, 0) is 4.79 Å². The van der Waals surface area contributed by atoms with Crippen LogP contribution in [0.1, 0.15) is 17.3 Å². The Hall–Kier alpha value is -2.02. The number of benzene rings is 1. The zero-order chi connectivity index (χ0) is 14.5. The Bertz CT molecular complexity index is 461. The summed E-state index contributed by atoms with van der Waals surface area (Å²) < 4.78 is 25.4. The van der Waals surface area contributed by atoms with Crippen LogP contribution in [0.4, 0.5) is 14.5 Å². The van der Waals surface area contributed by atoms with Gasteiger partial charge in [-0.15, -0.1) is 0 Å². The Morgan fingerprint density at radius 2 is 1.84 bits per heavy atom. The fourth-order valence-corrected chi connectivity index (χ4v) is 1.28. The molecule has 0 bridgehead atoms. The molecule has 0 radical (unpaired) electrons. The molecule has 0 atom stereocenters. The third kappa shape index (κ3) is 5.01. The minimum Gasteiger partial charge on any atom is -0.390 e. The second kappa shape index (κ2) is 6.24. The quantitative estimate of drug-likeness (QED) is 0.748. The number of anilines is 1. The average molecular weight is 272 g/mol. The van der Waals surface area contributed by atoms with E-state index >= 15 is 0 Å². The lowest BCUT2D eigenvalue weighted by molar-refractivity contribution is -0.114. The van der Waals surface area contributed by atoms with E-state index in [0.29, 0.717) is 5.69 Å². The van der Waals surface area contributed by atoms with Gasteiger partial charge in [0, 0.05) is 18.2 Å². The Balaban J connectivity index is 2.60. The van der Waals surface area contributed by atoms with Crippen molar-refractivity contribution in [3.63, 3.8) is 0 Å². The third-order valence-corrected chi connectivity index (χ3v) is 2.21. The van der Waals surface area contributed by atoms with Crippen LogP contribution in [0.25, 0.3) is 0 Å². The number of hydrogen-bond acceptors (Lipinski definition) is 3. The Labute approximate surface area is 108 Å². The van der Waals surface area contributed by atoms with E-state index in [1.807, 2.05) is 5.32 Å². The molecule has 0 aromatic heterocycles. The average Bonchev–Trinajstić information content (AvgIpc) is 2.36. The number of aliphatic hydroxyl groups is 1. The topological polar surface area (TPSA) is 78.4 Å². The van der Waals surface area contributed by atoms with Gasteiger partial charge in [0.05, 0.1) is 6.54 Å². The summed E-state index contributed by atoms with van der Waals surface area (Å²) in [5, 5.41) is 12.9. The minimum atomic E-state index is -3.34. The molecular weight excluding hydrogens is 258 g/mol. The smallest absolute Gasteiger partial charge is 0.287 e. The number of nitrogens with one attached hydrogen (secondary N) is 2. The number of rotatable bonds is 5. The van der Waals surface area contributed by atoms with E-state index in [1.165, 1.54) is 31.2 Å². The van der Waals surface area contributed by atoms with Gasteiger partial charge < -0.3 is 15.7 Å². The molecule has 0 unspecified atom stereocenters. The van der Waals surface area contributed by atoms with Crippen LogP contribution in [0.15, 0.2) is 24.3 Å². The molecule has 104 valence electrons. The molecule has 0 saturated carbocycles. The first-order valence-electron chi connectivity index (χ1n) is 5.48. The molecule has 0 aliphatic rings. The SMILES string of the molecule is CC(=O)Nc1ccc(C(=O)NCC(F)(F)CO)cc1. The largest absolute Gasteiger partial charge is 0.390 e. The molecule has 0 aliphatic carbocycles. The highest BCUT2D eigenvalue weighted by molar-refractivity contribution is 5.95. The zero-order valence-electron chi connectivity index (χ0n) is 10.2. The third-order valence-electron chi connectivity index (χ3n) is 2.21. The second-order valence-corrected chi connectivity index (χ2v) is 3.96. The van der Waals surface area contributed by atoms with Crippen LogP contribution in [-0.4, -0.2) is 36.0 Å². The summed E-state index contributed by atoms with van der Waals surface area (Å²) >= 11 is 0. The van der Waals surface area contributed by atoms with Crippen molar-refractivity contribution in [1.82, 2.24) is 5.32 Å². The summed E-state index contributed by atoms with van der Waals surface area (Å²) in [4.78, 5) is 22.3. The molecule has 1 aromatic rings. The van der Waals surface area contributed by atoms with Crippen molar-refractivity contribution in [3.8, 4) is 0 Å². The number of halogens is 2. The van der Waals surface area contributed by atoms with E-state index in [-0.39, 0.29) is 11.5 Å². The number of carbonyl (C=O) groups excluding carboxylic acids is 2. The maximum absolute atomic E-state index is 12.7. The van der Waals surface area contributed by atoms with Gasteiger partial charge in [-0.25, -0.2) is 8.78 Å². The fourth-order valence-electron chi connectivity index (χ4n) is 1.28. The first-order valence-corrected chi connectivity index (χ1v) is 5.48. The van der Waals surface area contributed by atoms with Crippen LogP contribution < -0.4 is 10.6 Å². The molecule has 5 nitrogen and oxygen atoms in total. The van der Waals surface area contributed by atoms with Crippen molar-refractivity contribution in [2.24, 2.45) is 0 Å². The normalized spacial score (nSPS) is 10.9. The molecule has 0 fully saturated rings. The van der Waals surface area contributed by atoms with E-state index < -0.39 is 25.0 Å².